The van der Waals surface area contributed by atoms with Gasteiger partial charge in [-0.05, 0) is 30.3 Å². The first-order chi connectivity index (χ1) is 14.5. The van der Waals surface area contributed by atoms with Gasteiger partial charge in [-0.1, -0.05) is 12.1 Å². The zero-order valence-electron chi connectivity index (χ0n) is 17.3. The van der Waals surface area contributed by atoms with Gasteiger partial charge in [-0.15, -0.1) is 0 Å². The minimum Gasteiger partial charge on any atom is -0.497 e. The predicted molar refractivity (Wildman–Crippen MR) is 116 cm³/mol. The molecule has 0 saturated carbocycles. The predicted octanol–water partition coefficient (Wildman–Crippen LogP) is 3.33. The molecule has 0 aliphatic carbocycles. The van der Waals surface area contributed by atoms with Crippen LogP contribution in [-0.2, 0) is 6.42 Å². The maximum Gasteiger partial charge on any atom is 0.251 e. The number of anilines is 1. The van der Waals surface area contributed by atoms with Crippen LogP contribution in [0.4, 0.5) is 5.69 Å². The summed E-state index contributed by atoms with van der Waals surface area (Å²) in [6, 6.07) is 16.3. The molecule has 3 aromatic rings. The molecule has 0 fully saturated rings. The topological polar surface area (TPSA) is 95.7 Å². The molecule has 3 rings (SSSR count). The van der Waals surface area contributed by atoms with Crippen LogP contribution in [0.5, 0.6) is 17.2 Å². The van der Waals surface area contributed by atoms with E-state index in [4.69, 9.17) is 24.9 Å². The molecular weight excluding hydrogens is 382 g/mol. The fourth-order valence-corrected chi connectivity index (χ4v) is 2.99. The molecule has 0 aliphatic rings. The summed E-state index contributed by atoms with van der Waals surface area (Å²) in [4.78, 5) is 17.2. The lowest BCUT2D eigenvalue weighted by Gasteiger charge is -2.11. The highest BCUT2D eigenvalue weighted by atomic mass is 16.5. The smallest absolute Gasteiger partial charge is 0.251 e. The van der Waals surface area contributed by atoms with Crippen molar-refractivity contribution in [2.45, 2.75) is 6.42 Å². The maximum absolute atomic E-state index is 12.5. The second-order valence-corrected chi connectivity index (χ2v) is 6.58. The lowest BCUT2D eigenvalue weighted by molar-refractivity contribution is 0.0953. The molecule has 0 aliphatic heterocycles. The Bertz CT molecular complexity index is 1020. The summed E-state index contributed by atoms with van der Waals surface area (Å²) in [5, 5.41) is 2.91. The highest BCUT2D eigenvalue weighted by Crippen LogP contribution is 2.27. The minimum atomic E-state index is -0.197. The van der Waals surface area contributed by atoms with Crippen LogP contribution in [0.3, 0.4) is 0 Å². The monoisotopic (exact) mass is 407 g/mol. The molecule has 2 aromatic carbocycles. The number of rotatable bonds is 8. The van der Waals surface area contributed by atoms with Gasteiger partial charge in [0, 0.05) is 47.6 Å². The van der Waals surface area contributed by atoms with Crippen molar-refractivity contribution in [1.29, 1.82) is 0 Å². The van der Waals surface area contributed by atoms with Gasteiger partial charge in [0.2, 0.25) is 0 Å². The summed E-state index contributed by atoms with van der Waals surface area (Å²) in [7, 11) is 4.70. The Hall–Kier alpha value is -3.74. The number of pyridine rings is 1. The number of nitrogens with one attached hydrogen (secondary N) is 1. The lowest BCUT2D eigenvalue weighted by Crippen LogP contribution is -2.26. The fraction of sp³-hybridized carbons (Fsp3) is 0.217. The molecule has 0 radical (unpaired) electrons. The third kappa shape index (κ3) is 5.00. The van der Waals surface area contributed by atoms with Crippen LogP contribution in [0.25, 0.3) is 11.3 Å². The van der Waals surface area contributed by atoms with Crippen molar-refractivity contribution in [1.82, 2.24) is 10.3 Å². The van der Waals surface area contributed by atoms with Crippen LogP contribution >= 0.6 is 0 Å². The Morgan fingerprint density at radius 1 is 0.933 bits per heavy atom. The van der Waals surface area contributed by atoms with Crippen molar-refractivity contribution >= 4 is 11.6 Å². The van der Waals surface area contributed by atoms with Crippen molar-refractivity contribution in [2.24, 2.45) is 0 Å². The summed E-state index contributed by atoms with van der Waals surface area (Å²) >= 11 is 0. The molecule has 1 amide bonds. The van der Waals surface area contributed by atoms with E-state index in [0.717, 1.165) is 17.0 Å². The van der Waals surface area contributed by atoms with Gasteiger partial charge in [0.15, 0.2) is 11.5 Å². The van der Waals surface area contributed by atoms with E-state index in [1.165, 1.54) is 7.11 Å². The third-order valence-corrected chi connectivity index (χ3v) is 4.61. The molecule has 156 valence electrons. The number of ether oxygens (including phenoxy) is 3. The zero-order chi connectivity index (χ0) is 21.5. The van der Waals surface area contributed by atoms with E-state index in [0.29, 0.717) is 41.5 Å². The molecule has 0 atom stereocenters. The van der Waals surface area contributed by atoms with E-state index in [2.05, 4.69) is 5.32 Å². The third-order valence-electron chi connectivity index (χ3n) is 4.61. The minimum absolute atomic E-state index is 0.197. The average molecular weight is 407 g/mol. The highest BCUT2D eigenvalue weighted by Gasteiger charge is 2.11. The van der Waals surface area contributed by atoms with Gasteiger partial charge in [0.05, 0.1) is 27.0 Å². The fourth-order valence-electron chi connectivity index (χ4n) is 2.99. The number of amides is 1. The zero-order valence-corrected chi connectivity index (χ0v) is 17.3. The van der Waals surface area contributed by atoms with Crippen LogP contribution in [-0.4, -0.2) is 38.8 Å². The number of hydrogen-bond donors (Lipinski definition) is 2. The first-order valence-corrected chi connectivity index (χ1v) is 9.45. The highest BCUT2D eigenvalue weighted by molar-refractivity contribution is 5.94. The number of aromatic nitrogens is 1. The van der Waals surface area contributed by atoms with Gasteiger partial charge in [0.1, 0.15) is 5.75 Å². The summed E-state index contributed by atoms with van der Waals surface area (Å²) < 4.78 is 15.9. The molecule has 0 unspecified atom stereocenters. The first kappa shape index (κ1) is 21.0. The van der Waals surface area contributed by atoms with Crippen LogP contribution < -0.4 is 25.3 Å². The number of hydrogen-bond acceptors (Lipinski definition) is 6. The molecule has 0 saturated heterocycles. The maximum atomic E-state index is 12.5. The number of carbonyl (C=O) groups is 1. The van der Waals surface area contributed by atoms with E-state index in [1.807, 2.05) is 36.4 Å². The van der Waals surface area contributed by atoms with Crippen molar-refractivity contribution in [3.63, 3.8) is 0 Å². The van der Waals surface area contributed by atoms with E-state index in [-0.39, 0.29) is 5.91 Å². The van der Waals surface area contributed by atoms with E-state index < -0.39 is 0 Å². The number of methoxy groups -OCH3 is 3. The average Bonchev–Trinajstić information content (AvgIpc) is 2.78. The second kappa shape index (κ2) is 9.65. The largest absolute Gasteiger partial charge is 0.497 e. The standard InChI is InChI=1S/C23H25N3O4/c1-28-19-13-18(26-20(14-19)15-4-7-17(24)8-5-15)10-11-25-23(27)16-6-9-21(29-2)22(12-16)30-3/h4-9,12-14H,10-11,24H2,1-3H3,(H,25,27). The Labute approximate surface area is 175 Å². The van der Waals surface area contributed by atoms with Gasteiger partial charge >= 0.3 is 0 Å². The Kier molecular flexibility index (Phi) is 6.75. The van der Waals surface area contributed by atoms with Crippen molar-refractivity contribution < 1.29 is 19.0 Å². The molecule has 1 heterocycles. The number of carbonyl (C=O) groups excluding carboxylic acids is 1. The molecule has 7 nitrogen and oxygen atoms in total. The molecule has 1 aromatic heterocycles. The molecule has 0 spiro atoms. The molecule has 0 bridgehead atoms. The first-order valence-electron chi connectivity index (χ1n) is 9.45. The Morgan fingerprint density at radius 2 is 1.67 bits per heavy atom. The normalized spacial score (nSPS) is 10.4. The van der Waals surface area contributed by atoms with E-state index in [9.17, 15) is 4.79 Å². The summed E-state index contributed by atoms with van der Waals surface area (Å²) in [5.74, 6) is 1.59. The van der Waals surface area contributed by atoms with Crippen molar-refractivity contribution in [2.75, 3.05) is 33.6 Å². The molecule has 3 N–H and O–H groups in total. The molecular formula is C23H25N3O4. The number of nitrogens with zero attached hydrogens (tertiary/aromatic N) is 1. The van der Waals surface area contributed by atoms with Gasteiger partial charge in [-0.3, -0.25) is 9.78 Å². The Morgan fingerprint density at radius 3 is 2.33 bits per heavy atom. The van der Waals surface area contributed by atoms with Crippen LogP contribution in [0, 0.1) is 0 Å². The van der Waals surface area contributed by atoms with Gasteiger partial charge in [-0.25, -0.2) is 0 Å². The van der Waals surface area contributed by atoms with Gasteiger partial charge < -0.3 is 25.3 Å². The van der Waals surface area contributed by atoms with E-state index >= 15 is 0 Å². The van der Waals surface area contributed by atoms with Crippen LogP contribution in [0.15, 0.2) is 54.6 Å². The van der Waals surface area contributed by atoms with Crippen LogP contribution in [0.2, 0.25) is 0 Å². The number of nitrogens with two attached hydrogens (primary N) is 1. The number of nitrogen functional groups attached to an aromatic ring is 1. The summed E-state index contributed by atoms with van der Waals surface area (Å²) in [5.41, 5.74) is 9.50. The molecule has 30 heavy (non-hydrogen) atoms. The van der Waals surface area contributed by atoms with Crippen molar-refractivity contribution in [3.8, 4) is 28.5 Å². The number of benzene rings is 2. The van der Waals surface area contributed by atoms with Crippen LogP contribution in [0.1, 0.15) is 16.1 Å². The summed E-state index contributed by atoms with van der Waals surface area (Å²) in [6.45, 7) is 0.425. The SMILES string of the molecule is COc1cc(CCNC(=O)c2ccc(OC)c(OC)c2)nc(-c2ccc(N)cc2)c1. The lowest BCUT2D eigenvalue weighted by atomic mass is 10.1. The van der Waals surface area contributed by atoms with E-state index in [1.54, 1.807) is 32.4 Å². The summed E-state index contributed by atoms with van der Waals surface area (Å²) in [6.07, 6.45) is 0.554. The quantitative estimate of drug-likeness (QED) is 0.556. The van der Waals surface area contributed by atoms with Gasteiger partial charge in [-0.2, -0.15) is 0 Å². The van der Waals surface area contributed by atoms with Gasteiger partial charge in [0.25, 0.3) is 5.91 Å². The van der Waals surface area contributed by atoms with Crippen molar-refractivity contribution in [3.05, 3.63) is 65.9 Å². The second-order valence-electron chi connectivity index (χ2n) is 6.58. The Balaban J connectivity index is 1.69. The molecule has 7 heteroatoms.